The summed E-state index contributed by atoms with van der Waals surface area (Å²) in [5.41, 5.74) is 1.07. The Hall–Kier alpha value is -5.17. The van der Waals surface area contributed by atoms with Gasteiger partial charge in [-0.05, 0) is 43.3 Å². The Kier molecular flexibility index (Phi) is 6.16. The average molecular weight is 469 g/mol. The fraction of sp³-hybridized carbons (Fsp3) is 0.0800. The first-order chi connectivity index (χ1) is 16.8. The molecule has 4 rings (SSSR count). The van der Waals surface area contributed by atoms with Crippen molar-refractivity contribution in [2.75, 3.05) is 5.32 Å². The van der Waals surface area contributed by atoms with Gasteiger partial charge in [0, 0.05) is 30.8 Å². The van der Waals surface area contributed by atoms with Crippen molar-refractivity contribution in [1.29, 1.82) is 5.26 Å². The first kappa shape index (κ1) is 23.0. The number of para-hydroxylation sites is 1. The summed E-state index contributed by atoms with van der Waals surface area (Å²) in [5.74, 6) is -0.114. The van der Waals surface area contributed by atoms with Gasteiger partial charge in [-0.1, -0.05) is 18.2 Å². The van der Waals surface area contributed by atoms with Crippen molar-refractivity contribution in [1.82, 2.24) is 9.36 Å². The summed E-state index contributed by atoms with van der Waals surface area (Å²) < 4.78 is 8.72. The van der Waals surface area contributed by atoms with E-state index in [-0.39, 0.29) is 22.7 Å². The van der Waals surface area contributed by atoms with Gasteiger partial charge in [0.2, 0.25) is 0 Å². The van der Waals surface area contributed by atoms with Crippen LogP contribution in [-0.4, -0.2) is 20.2 Å². The van der Waals surface area contributed by atoms with E-state index in [4.69, 9.17) is 4.42 Å². The van der Waals surface area contributed by atoms with E-state index >= 15 is 0 Å². The lowest BCUT2D eigenvalue weighted by atomic mass is 10.1. The summed E-state index contributed by atoms with van der Waals surface area (Å²) in [6.45, 7) is 1.69. The largest absolute Gasteiger partial charge is 0.457 e. The predicted molar refractivity (Wildman–Crippen MR) is 129 cm³/mol. The molecule has 0 atom stereocenters. The fourth-order valence-electron chi connectivity index (χ4n) is 3.52. The molecule has 1 N–H and O–H groups in total. The van der Waals surface area contributed by atoms with Crippen LogP contribution in [0.4, 0.5) is 11.4 Å². The number of nitriles is 1. The first-order valence-corrected chi connectivity index (χ1v) is 10.4. The predicted octanol–water partition coefficient (Wildman–Crippen LogP) is 4.20. The van der Waals surface area contributed by atoms with Crippen LogP contribution in [0.2, 0.25) is 0 Å². The molecule has 0 bridgehead atoms. The minimum Gasteiger partial charge on any atom is -0.457 e. The Morgan fingerprint density at radius 1 is 1.11 bits per heavy atom. The third-order valence-electron chi connectivity index (χ3n) is 5.43. The average Bonchev–Trinajstić information content (AvgIpc) is 3.41. The smallest absolute Gasteiger partial charge is 0.295 e. The van der Waals surface area contributed by atoms with Crippen molar-refractivity contribution in [2.24, 2.45) is 7.05 Å². The van der Waals surface area contributed by atoms with Gasteiger partial charge in [0.05, 0.1) is 16.3 Å². The van der Waals surface area contributed by atoms with E-state index in [0.29, 0.717) is 22.7 Å². The Morgan fingerprint density at radius 2 is 1.80 bits per heavy atom. The molecule has 0 unspecified atom stereocenters. The van der Waals surface area contributed by atoms with Gasteiger partial charge in [-0.15, -0.1) is 0 Å². The zero-order chi connectivity index (χ0) is 25.1. The summed E-state index contributed by atoms with van der Waals surface area (Å²) in [7, 11) is 1.70. The molecule has 10 nitrogen and oxygen atoms in total. The first-order valence-electron chi connectivity index (χ1n) is 10.4. The lowest BCUT2D eigenvalue weighted by Crippen LogP contribution is -2.23. The Labute approximate surface area is 199 Å². The highest BCUT2D eigenvalue weighted by Gasteiger charge is 2.20. The topological polar surface area (TPSA) is 136 Å². The number of amides is 1. The summed E-state index contributed by atoms with van der Waals surface area (Å²) in [5, 5.41) is 22.9. The standard InChI is InChI=1S/C25H19N5O5/c1-16-23(25(32)29(28(16)2)19-6-4-3-5-7-19)27-24(31)18(15-26)14-21-12-13-22(35-21)17-8-10-20(11-9-17)30(33)34/h3-14H,1-2H3,(H,27,31). The van der Waals surface area contributed by atoms with E-state index in [0.717, 1.165) is 0 Å². The second-order valence-electron chi connectivity index (χ2n) is 7.57. The number of nitrogens with zero attached hydrogens (tertiary/aromatic N) is 4. The molecule has 174 valence electrons. The monoisotopic (exact) mass is 469 g/mol. The third-order valence-corrected chi connectivity index (χ3v) is 5.43. The van der Waals surface area contributed by atoms with Crippen LogP contribution < -0.4 is 10.9 Å². The van der Waals surface area contributed by atoms with Crippen molar-refractivity contribution >= 4 is 23.4 Å². The Bertz CT molecular complexity index is 1550. The van der Waals surface area contributed by atoms with Crippen LogP contribution >= 0.6 is 0 Å². The highest BCUT2D eigenvalue weighted by atomic mass is 16.6. The van der Waals surface area contributed by atoms with Crippen molar-refractivity contribution in [2.45, 2.75) is 6.92 Å². The number of carbonyl (C=O) groups excluding carboxylic acids is 1. The molecule has 0 radical (unpaired) electrons. The van der Waals surface area contributed by atoms with Gasteiger partial charge < -0.3 is 9.73 Å². The zero-order valence-electron chi connectivity index (χ0n) is 18.8. The minimum absolute atomic E-state index is 0.0496. The van der Waals surface area contributed by atoms with Gasteiger partial charge in [-0.3, -0.25) is 24.4 Å². The van der Waals surface area contributed by atoms with Crippen LogP contribution in [0.3, 0.4) is 0 Å². The molecule has 2 heterocycles. The molecule has 2 aromatic heterocycles. The van der Waals surface area contributed by atoms with Gasteiger partial charge >= 0.3 is 0 Å². The lowest BCUT2D eigenvalue weighted by Gasteiger charge is -2.07. The van der Waals surface area contributed by atoms with Gasteiger partial charge in [-0.25, -0.2) is 4.68 Å². The van der Waals surface area contributed by atoms with Crippen LogP contribution in [0.25, 0.3) is 23.1 Å². The van der Waals surface area contributed by atoms with E-state index in [1.807, 2.05) is 12.1 Å². The second-order valence-corrected chi connectivity index (χ2v) is 7.57. The second kappa shape index (κ2) is 9.36. The number of carbonyl (C=O) groups is 1. The minimum atomic E-state index is -0.758. The third kappa shape index (κ3) is 4.51. The number of nitro benzene ring substituents is 1. The SMILES string of the molecule is Cc1c(NC(=O)C(C#N)=Cc2ccc(-c3ccc([N+](=O)[O-])cc3)o2)c(=O)n(-c2ccccc2)n1C. The lowest BCUT2D eigenvalue weighted by molar-refractivity contribution is -0.384. The number of rotatable bonds is 6. The molecule has 0 fully saturated rings. The zero-order valence-corrected chi connectivity index (χ0v) is 18.8. The van der Waals surface area contributed by atoms with Crippen molar-refractivity contribution in [3.05, 3.63) is 104 Å². The molecule has 0 aliphatic rings. The van der Waals surface area contributed by atoms with E-state index in [9.17, 15) is 25.0 Å². The van der Waals surface area contributed by atoms with E-state index in [1.165, 1.54) is 35.0 Å². The number of nitro groups is 1. The summed E-state index contributed by atoms with van der Waals surface area (Å²) >= 11 is 0. The molecule has 0 aliphatic carbocycles. The molecule has 0 aliphatic heterocycles. The molecule has 0 saturated carbocycles. The van der Waals surface area contributed by atoms with Gasteiger partial charge in [0.15, 0.2) is 0 Å². The number of hydrogen-bond acceptors (Lipinski definition) is 6. The molecular weight excluding hydrogens is 450 g/mol. The van der Waals surface area contributed by atoms with Crippen LogP contribution in [0, 0.1) is 28.4 Å². The number of hydrogen-bond donors (Lipinski definition) is 1. The van der Waals surface area contributed by atoms with Crippen molar-refractivity contribution in [3.8, 4) is 23.1 Å². The number of non-ortho nitro benzene ring substituents is 1. The number of furan rings is 1. The molecule has 10 heteroatoms. The summed E-state index contributed by atoms with van der Waals surface area (Å²) in [6, 6.07) is 19.8. The number of aromatic nitrogens is 2. The number of benzene rings is 2. The molecule has 0 saturated heterocycles. The van der Waals surface area contributed by atoms with Crippen LogP contribution in [0.1, 0.15) is 11.5 Å². The van der Waals surface area contributed by atoms with E-state index in [1.54, 1.807) is 55.1 Å². The molecule has 4 aromatic rings. The molecule has 0 spiro atoms. The fourth-order valence-corrected chi connectivity index (χ4v) is 3.52. The molecular formula is C25H19N5O5. The number of nitrogens with one attached hydrogen (secondary N) is 1. The normalized spacial score (nSPS) is 11.2. The maximum absolute atomic E-state index is 13.0. The van der Waals surface area contributed by atoms with Gasteiger partial charge in [0.1, 0.15) is 28.9 Å². The van der Waals surface area contributed by atoms with E-state index < -0.39 is 16.4 Å². The molecule has 1 amide bonds. The van der Waals surface area contributed by atoms with Crippen molar-refractivity contribution in [3.63, 3.8) is 0 Å². The quantitative estimate of drug-likeness (QED) is 0.195. The Morgan fingerprint density at radius 3 is 2.43 bits per heavy atom. The Balaban J connectivity index is 1.59. The maximum Gasteiger partial charge on any atom is 0.295 e. The van der Waals surface area contributed by atoms with E-state index in [2.05, 4.69) is 5.32 Å². The van der Waals surface area contributed by atoms with Crippen LogP contribution in [-0.2, 0) is 11.8 Å². The highest BCUT2D eigenvalue weighted by Crippen LogP contribution is 2.25. The molecule has 35 heavy (non-hydrogen) atoms. The van der Waals surface area contributed by atoms with Crippen LogP contribution in [0.5, 0.6) is 0 Å². The highest BCUT2D eigenvalue weighted by molar-refractivity contribution is 6.09. The van der Waals surface area contributed by atoms with Crippen LogP contribution in [0.15, 0.2) is 81.5 Å². The molecule has 2 aromatic carbocycles. The van der Waals surface area contributed by atoms with Gasteiger partial charge in [0.25, 0.3) is 17.2 Å². The van der Waals surface area contributed by atoms with Gasteiger partial charge in [-0.2, -0.15) is 5.26 Å². The van der Waals surface area contributed by atoms with Crippen molar-refractivity contribution < 1.29 is 14.1 Å². The number of anilines is 1. The summed E-state index contributed by atoms with van der Waals surface area (Å²) in [4.78, 5) is 36.2. The maximum atomic E-state index is 13.0. The summed E-state index contributed by atoms with van der Waals surface area (Å²) in [6.07, 6.45) is 1.26.